The highest BCUT2D eigenvalue weighted by Gasteiger charge is 2.40. The molecule has 1 unspecified atom stereocenters. The van der Waals surface area contributed by atoms with Gasteiger partial charge in [0.15, 0.2) is 11.9 Å². The van der Waals surface area contributed by atoms with Crippen LogP contribution >= 0.6 is 0 Å². The summed E-state index contributed by atoms with van der Waals surface area (Å²) in [5.74, 6) is -3.44. The topological polar surface area (TPSA) is 139 Å². The van der Waals surface area contributed by atoms with Gasteiger partial charge in [-0.2, -0.15) is 0 Å². The van der Waals surface area contributed by atoms with Gasteiger partial charge >= 0.3 is 12.1 Å². The van der Waals surface area contributed by atoms with Gasteiger partial charge in [0.05, 0.1) is 18.0 Å². The molecule has 8 nitrogen and oxygen atoms in total. The molecule has 5 N–H and O–H groups in total. The largest absolute Gasteiger partial charge is 0.479 e. The van der Waals surface area contributed by atoms with Crippen molar-refractivity contribution >= 4 is 17.8 Å². The first-order valence-electron chi connectivity index (χ1n) is 10.5. The lowest BCUT2D eigenvalue weighted by Gasteiger charge is -2.31. The molecule has 32 heavy (non-hydrogen) atoms. The quantitative estimate of drug-likeness (QED) is 0.419. The van der Waals surface area contributed by atoms with Crippen LogP contribution in [0.5, 0.6) is 0 Å². The lowest BCUT2D eigenvalue weighted by molar-refractivity contribution is -0.148. The van der Waals surface area contributed by atoms with Crippen LogP contribution in [0.3, 0.4) is 0 Å². The Balaban J connectivity index is 2.26. The standard InChI is InChI=1S/C24H30N2O6/c1-3-15(2)20(26-24(31)32-14-16-10-6-4-7-11-16)21(27)18(17-12-8-5-9-13-17)19(25)22(28)23(29)30/h4-13,15,18-20,22,28H,3,14,25H2,1-2H3,(H,26,31)(H,29,30)/t15-,18?,19-,20-,22+/m0/s1. The van der Waals surface area contributed by atoms with E-state index >= 15 is 0 Å². The molecule has 0 fully saturated rings. The number of benzene rings is 2. The van der Waals surface area contributed by atoms with Crippen LogP contribution < -0.4 is 11.1 Å². The molecule has 0 aromatic heterocycles. The van der Waals surface area contributed by atoms with Crippen LogP contribution in [0.25, 0.3) is 0 Å². The Bertz CT molecular complexity index is 890. The Kier molecular flexibility index (Phi) is 9.37. The third kappa shape index (κ3) is 6.63. The van der Waals surface area contributed by atoms with E-state index in [0.717, 1.165) is 5.56 Å². The number of carboxylic acids is 1. The van der Waals surface area contributed by atoms with Gasteiger partial charge in [-0.25, -0.2) is 9.59 Å². The highest BCUT2D eigenvalue weighted by molar-refractivity contribution is 5.94. The Morgan fingerprint density at radius 2 is 1.59 bits per heavy atom. The van der Waals surface area contributed by atoms with E-state index in [-0.39, 0.29) is 12.5 Å². The van der Waals surface area contributed by atoms with E-state index in [9.17, 15) is 24.6 Å². The molecular weight excluding hydrogens is 412 g/mol. The van der Waals surface area contributed by atoms with E-state index < -0.39 is 42.0 Å². The third-order valence-corrected chi connectivity index (χ3v) is 5.47. The highest BCUT2D eigenvalue weighted by atomic mass is 16.5. The number of amides is 1. The van der Waals surface area contributed by atoms with E-state index in [2.05, 4.69) is 5.32 Å². The van der Waals surface area contributed by atoms with Gasteiger partial charge in [-0.1, -0.05) is 80.9 Å². The number of hydrogen-bond acceptors (Lipinski definition) is 6. The maximum atomic E-state index is 13.6. The third-order valence-electron chi connectivity index (χ3n) is 5.47. The molecule has 2 rings (SSSR count). The SMILES string of the molecule is CC[C@H](C)[C@H](NC(=O)OCc1ccccc1)C(=O)C(c1ccccc1)[C@H](N)[C@@H](O)C(=O)O. The zero-order chi connectivity index (χ0) is 23.7. The van der Waals surface area contributed by atoms with Crippen molar-refractivity contribution in [1.29, 1.82) is 0 Å². The molecule has 0 aliphatic carbocycles. The minimum atomic E-state index is -1.95. The molecule has 2 aromatic rings. The van der Waals surface area contributed by atoms with Crippen molar-refractivity contribution in [3.8, 4) is 0 Å². The molecule has 0 heterocycles. The average Bonchev–Trinajstić information content (AvgIpc) is 2.81. The molecule has 0 saturated carbocycles. The molecule has 0 bridgehead atoms. The number of ketones is 1. The highest BCUT2D eigenvalue weighted by Crippen LogP contribution is 2.26. The zero-order valence-electron chi connectivity index (χ0n) is 18.2. The lowest BCUT2D eigenvalue weighted by Crippen LogP contribution is -2.53. The first kappa shape index (κ1) is 25.0. The molecule has 0 radical (unpaired) electrons. The number of alkyl carbamates (subject to hydrolysis) is 1. The molecular formula is C24H30N2O6. The van der Waals surface area contributed by atoms with Crippen LogP contribution in [0.4, 0.5) is 4.79 Å². The average molecular weight is 443 g/mol. The minimum absolute atomic E-state index is 0.0352. The normalized spacial score (nSPS) is 15.6. The Hall–Kier alpha value is -3.23. The van der Waals surface area contributed by atoms with Gasteiger partial charge < -0.3 is 26.0 Å². The van der Waals surface area contributed by atoms with E-state index in [1.807, 2.05) is 37.3 Å². The molecule has 8 heteroatoms. The smallest absolute Gasteiger partial charge is 0.408 e. The molecule has 2 aromatic carbocycles. The van der Waals surface area contributed by atoms with Gasteiger partial charge in [0.1, 0.15) is 6.61 Å². The first-order valence-corrected chi connectivity index (χ1v) is 10.5. The predicted molar refractivity (Wildman–Crippen MR) is 119 cm³/mol. The molecule has 0 aliphatic rings. The van der Waals surface area contributed by atoms with Crippen LogP contribution in [0, 0.1) is 5.92 Å². The molecule has 0 aliphatic heterocycles. The van der Waals surface area contributed by atoms with Crippen LogP contribution in [-0.4, -0.2) is 46.2 Å². The number of carbonyl (C=O) groups excluding carboxylic acids is 2. The van der Waals surface area contributed by atoms with Crippen molar-refractivity contribution in [3.63, 3.8) is 0 Å². The van der Waals surface area contributed by atoms with Crippen molar-refractivity contribution in [1.82, 2.24) is 5.32 Å². The molecule has 172 valence electrons. The first-order chi connectivity index (χ1) is 15.3. The zero-order valence-corrected chi connectivity index (χ0v) is 18.2. The minimum Gasteiger partial charge on any atom is -0.479 e. The summed E-state index contributed by atoms with van der Waals surface area (Å²) in [7, 11) is 0. The van der Waals surface area contributed by atoms with E-state index in [4.69, 9.17) is 10.5 Å². The second-order valence-electron chi connectivity index (χ2n) is 7.72. The Morgan fingerprint density at radius 1 is 1.03 bits per heavy atom. The van der Waals surface area contributed by atoms with Crippen LogP contribution in [-0.2, 0) is 20.9 Å². The number of nitrogens with two attached hydrogens (primary N) is 1. The van der Waals surface area contributed by atoms with Gasteiger partial charge in [0.25, 0.3) is 0 Å². The second kappa shape index (κ2) is 12.0. The number of aliphatic carboxylic acids is 1. The van der Waals surface area contributed by atoms with Crippen molar-refractivity contribution < 1.29 is 29.3 Å². The number of rotatable bonds is 11. The lowest BCUT2D eigenvalue weighted by atomic mass is 9.79. The van der Waals surface area contributed by atoms with E-state index in [1.165, 1.54) is 0 Å². The summed E-state index contributed by atoms with van der Waals surface area (Å²) in [5, 5.41) is 21.9. The number of Topliss-reactive ketones (excluding diaryl/α,β-unsaturated/α-hetero) is 1. The summed E-state index contributed by atoms with van der Waals surface area (Å²) in [6, 6.07) is 15.1. The van der Waals surface area contributed by atoms with Crippen LogP contribution in [0.1, 0.15) is 37.3 Å². The molecule has 5 atom stereocenters. The van der Waals surface area contributed by atoms with Gasteiger partial charge in [0, 0.05) is 0 Å². The van der Waals surface area contributed by atoms with Crippen molar-refractivity contribution in [2.45, 2.75) is 51.0 Å². The molecule has 1 amide bonds. The number of hydrogen-bond donors (Lipinski definition) is 4. The Labute approximate surface area is 187 Å². The monoisotopic (exact) mass is 442 g/mol. The number of carbonyl (C=O) groups is 3. The van der Waals surface area contributed by atoms with Gasteiger partial charge in [0.2, 0.25) is 0 Å². The van der Waals surface area contributed by atoms with E-state index in [0.29, 0.717) is 12.0 Å². The fourth-order valence-electron chi connectivity index (χ4n) is 3.40. The summed E-state index contributed by atoms with van der Waals surface area (Å²) in [4.78, 5) is 37.4. The summed E-state index contributed by atoms with van der Waals surface area (Å²) >= 11 is 0. The fraction of sp³-hybridized carbons (Fsp3) is 0.375. The van der Waals surface area contributed by atoms with Crippen molar-refractivity contribution in [2.24, 2.45) is 11.7 Å². The summed E-state index contributed by atoms with van der Waals surface area (Å²) in [6.07, 6.45) is -2.16. The van der Waals surface area contributed by atoms with Crippen molar-refractivity contribution in [3.05, 3.63) is 71.8 Å². The number of nitrogens with one attached hydrogen (secondary N) is 1. The van der Waals surface area contributed by atoms with Crippen LogP contribution in [0.2, 0.25) is 0 Å². The van der Waals surface area contributed by atoms with Gasteiger partial charge in [-0.05, 0) is 17.0 Å². The number of carboxylic acid groups (broad SMARTS) is 1. The molecule has 0 spiro atoms. The number of ether oxygens (including phenoxy) is 1. The number of aliphatic hydroxyl groups excluding tert-OH is 1. The predicted octanol–water partition coefficient (Wildman–Crippen LogP) is 2.45. The van der Waals surface area contributed by atoms with E-state index in [1.54, 1.807) is 37.3 Å². The molecule has 0 saturated heterocycles. The van der Waals surface area contributed by atoms with Gasteiger partial charge in [-0.3, -0.25) is 4.79 Å². The second-order valence-corrected chi connectivity index (χ2v) is 7.72. The number of aliphatic hydroxyl groups is 1. The summed E-state index contributed by atoms with van der Waals surface area (Å²) in [5.41, 5.74) is 7.30. The van der Waals surface area contributed by atoms with Crippen LogP contribution in [0.15, 0.2) is 60.7 Å². The van der Waals surface area contributed by atoms with Crippen molar-refractivity contribution in [2.75, 3.05) is 0 Å². The van der Waals surface area contributed by atoms with Gasteiger partial charge in [-0.15, -0.1) is 0 Å². The Morgan fingerprint density at radius 3 is 2.12 bits per heavy atom. The fourth-order valence-corrected chi connectivity index (χ4v) is 3.40. The maximum Gasteiger partial charge on any atom is 0.408 e. The summed E-state index contributed by atoms with van der Waals surface area (Å²) in [6.45, 7) is 3.69. The maximum absolute atomic E-state index is 13.6. The summed E-state index contributed by atoms with van der Waals surface area (Å²) < 4.78 is 5.26.